The van der Waals surface area contributed by atoms with Crippen LogP contribution in [0.3, 0.4) is 0 Å². The van der Waals surface area contributed by atoms with Crippen LogP contribution in [0, 0.1) is 11.3 Å². The van der Waals surface area contributed by atoms with Crippen LogP contribution in [0.5, 0.6) is 0 Å². The lowest BCUT2D eigenvalue weighted by molar-refractivity contribution is 0.0574. The molecule has 1 unspecified atom stereocenters. The summed E-state index contributed by atoms with van der Waals surface area (Å²) in [7, 11) is 0. The van der Waals surface area contributed by atoms with Gasteiger partial charge in [-0.1, -0.05) is 18.2 Å². The summed E-state index contributed by atoms with van der Waals surface area (Å²) < 4.78 is 3.72. The summed E-state index contributed by atoms with van der Waals surface area (Å²) in [6, 6.07) is 14.0. The average Bonchev–Trinajstić information content (AvgIpc) is 3.30. The summed E-state index contributed by atoms with van der Waals surface area (Å²) in [5.74, 6) is 0.00769. The number of fused-ring (bicyclic) bond motifs is 1. The largest absolute Gasteiger partial charge is 0.333 e. The first-order valence-corrected chi connectivity index (χ1v) is 9.01. The van der Waals surface area contributed by atoms with E-state index in [1.165, 1.54) is 0 Å². The topological polar surface area (TPSA) is 66.8 Å². The van der Waals surface area contributed by atoms with Gasteiger partial charge in [-0.3, -0.25) is 9.48 Å². The second kappa shape index (κ2) is 7.04. The Bertz CT molecular complexity index is 950. The van der Waals surface area contributed by atoms with Crippen LogP contribution >= 0.6 is 0 Å². The minimum absolute atomic E-state index is 0.00769. The number of rotatable bonds is 4. The molecule has 0 radical (unpaired) electrons. The molecule has 2 aromatic heterocycles. The van der Waals surface area contributed by atoms with Crippen molar-refractivity contribution in [1.82, 2.24) is 19.2 Å². The molecule has 0 aliphatic carbocycles. The predicted octanol–water partition coefficient (Wildman–Crippen LogP) is 3.06. The summed E-state index contributed by atoms with van der Waals surface area (Å²) >= 11 is 0. The second-order valence-electron chi connectivity index (χ2n) is 6.71. The maximum atomic E-state index is 13.4. The highest BCUT2D eigenvalue weighted by Crippen LogP contribution is 2.25. The van der Waals surface area contributed by atoms with Gasteiger partial charge >= 0.3 is 0 Å². The number of para-hydroxylation sites is 1. The molecule has 6 nitrogen and oxygen atoms in total. The van der Waals surface area contributed by atoms with Crippen LogP contribution in [0.25, 0.3) is 10.9 Å². The fourth-order valence-electron chi connectivity index (χ4n) is 3.86. The molecule has 4 rings (SSSR count). The number of benzene rings is 1. The molecular formula is C20H21N5O. The third-order valence-corrected chi connectivity index (χ3v) is 5.10. The van der Waals surface area contributed by atoms with Gasteiger partial charge in [0.15, 0.2) is 0 Å². The molecule has 6 heteroatoms. The smallest absolute Gasteiger partial charge is 0.270 e. The maximum absolute atomic E-state index is 13.4. The second-order valence-corrected chi connectivity index (χ2v) is 6.71. The van der Waals surface area contributed by atoms with Crippen molar-refractivity contribution < 1.29 is 4.79 Å². The minimum Gasteiger partial charge on any atom is -0.333 e. The number of amides is 1. The van der Waals surface area contributed by atoms with Crippen LogP contribution in [0.4, 0.5) is 0 Å². The molecule has 1 atom stereocenters. The first-order chi connectivity index (χ1) is 12.8. The van der Waals surface area contributed by atoms with Gasteiger partial charge in [0, 0.05) is 29.8 Å². The summed E-state index contributed by atoms with van der Waals surface area (Å²) in [6.45, 7) is 1.63. The van der Waals surface area contributed by atoms with Crippen molar-refractivity contribution in [3.05, 3.63) is 54.5 Å². The molecule has 1 saturated heterocycles. The Kier molecular flexibility index (Phi) is 4.44. The fourth-order valence-corrected chi connectivity index (χ4v) is 3.86. The molecule has 1 aromatic carbocycles. The molecule has 0 N–H and O–H groups in total. The van der Waals surface area contributed by atoms with Crippen LogP contribution in [0.2, 0.25) is 0 Å². The Morgan fingerprint density at radius 2 is 2.15 bits per heavy atom. The highest BCUT2D eigenvalue weighted by molar-refractivity contribution is 5.99. The zero-order valence-electron chi connectivity index (χ0n) is 14.6. The van der Waals surface area contributed by atoms with Gasteiger partial charge in [-0.15, -0.1) is 0 Å². The molecule has 1 amide bonds. The van der Waals surface area contributed by atoms with Crippen LogP contribution in [-0.4, -0.2) is 37.7 Å². The number of piperidine rings is 1. The molecular weight excluding hydrogens is 326 g/mol. The van der Waals surface area contributed by atoms with Crippen molar-refractivity contribution in [3.63, 3.8) is 0 Å². The van der Waals surface area contributed by atoms with Gasteiger partial charge in [0.05, 0.1) is 18.7 Å². The first-order valence-electron chi connectivity index (χ1n) is 9.01. The monoisotopic (exact) mass is 347 g/mol. The lowest BCUT2D eigenvalue weighted by Gasteiger charge is -2.35. The van der Waals surface area contributed by atoms with Crippen molar-refractivity contribution in [2.75, 3.05) is 6.54 Å². The Labute approximate surface area is 152 Å². The highest BCUT2D eigenvalue weighted by Gasteiger charge is 2.30. The maximum Gasteiger partial charge on any atom is 0.270 e. The third kappa shape index (κ3) is 2.97. The molecule has 0 saturated carbocycles. The van der Waals surface area contributed by atoms with Gasteiger partial charge in [-0.2, -0.15) is 10.4 Å². The molecule has 0 bridgehead atoms. The average molecular weight is 347 g/mol. The molecule has 0 spiro atoms. The van der Waals surface area contributed by atoms with E-state index in [1.807, 2.05) is 56.7 Å². The van der Waals surface area contributed by atoms with Crippen molar-refractivity contribution in [2.45, 2.75) is 38.4 Å². The third-order valence-electron chi connectivity index (χ3n) is 5.10. The number of hydrogen-bond acceptors (Lipinski definition) is 3. The summed E-state index contributed by atoms with van der Waals surface area (Å²) in [5.41, 5.74) is 1.53. The first kappa shape index (κ1) is 16.4. The zero-order chi connectivity index (χ0) is 17.9. The lowest BCUT2D eigenvalue weighted by atomic mass is 10.0. The zero-order valence-corrected chi connectivity index (χ0v) is 14.6. The standard InChI is InChI=1S/C20H21N5O/c21-9-13-25-18-8-2-1-6-16(18)14-19(25)20(26)24-12-4-3-7-17(24)15-23-11-5-10-22-23/h1-2,5-6,8,10-11,14,17H,3-4,7,12-13,15H2. The molecule has 3 heterocycles. The van der Waals surface area contributed by atoms with Crippen molar-refractivity contribution in [1.29, 1.82) is 5.26 Å². The number of carbonyl (C=O) groups is 1. The molecule has 1 fully saturated rings. The van der Waals surface area contributed by atoms with Crippen LogP contribution < -0.4 is 0 Å². The molecule has 1 aliphatic rings. The fraction of sp³-hybridized carbons (Fsp3) is 0.350. The summed E-state index contributed by atoms with van der Waals surface area (Å²) in [4.78, 5) is 15.3. The molecule has 1 aliphatic heterocycles. The molecule has 26 heavy (non-hydrogen) atoms. The Hall–Kier alpha value is -3.07. The van der Waals surface area contributed by atoms with Crippen molar-refractivity contribution >= 4 is 16.8 Å². The van der Waals surface area contributed by atoms with Gasteiger partial charge in [0.1, 0.15) is 12.2 Å². The van der Waals surface area contributed by atoms with Crippen molar-refractivity contribution in [2.24, 2.45) is 0 Å². The van der Waals surface area contributed by atoms with Gasteiger partial charge in [-0.05, 0) is 37.5 Å². The SMILES string of the molecule is N#CCn1c(C(=O)N2CCCCC2Cn2cccn2)cc2ccccc21. The Morgan fingerprint density at radius 1 is 1.27 bits per heavy atom. The normalized spacial score (nSPS) is 17.3. The van der Waals surface area contributed by atoms with Crippen LogP contribution in [-0.2, 0) is 13.1 Å². The van der Waals surface area contributed by atoms with E-state index < -0.39 is 0 Å². The van der Waals surface area contributed by atoms with Crippen molar-refractivity contribution in [3.8, 4) is 6.07 Å². The van der Waals surface area contributed by atoms with Gasteiger partial charge < -0.3 is 9.47 Å². The predicted molar refractivity (Wildman–Crippen MR) is 98.5 cm³/mol. The molecule has 132 valence electrons. The van der Waals surface area contributed by atoms with E-state index in [0.29, 0.717) is 12.2 Å². The number of nitriles is 1. The number of hydrogen-bond donors (Lipinski definition) is 0. The van der Waals surface area contributed by atoms with Gasteiger partial charge in [0.2, 0.25) is 0 Å². The number of nitrogens with zero attached hydrogens (tertiary/aromatic N) is 5. The quantitative estimate of drug-likeness (QED) is 0.728. The van der Waals surface area contributed by atoms with E-state index in [9.17, 15) is 10.1 Å². The van der Waals surface area contributed by atoms with E-state index in [2.05, 4.69) is 11.2 Å². The summed E-state index contributed by atoms with van der Waals surface area (Å²) in [5, 5.41) is 14.5. The van der Waals surface area contributed by atoms with Crippen LogP contribution in [0.15, 0.2) is 48.8 Å². The Morgan fingerprint density at radius 3 is 2.96 bits per heavy atom. The van der Waals surface area contributed by atoms with Gasteiger partial charge in [-0.25, -0.2) is 0 Å². The van der Waals surface area contributed by atoms with E-state index in [1.54, 1.807) is 6.20 Å². The summed E-state index contributed by atoms with van der Waals surface area (Å²) in [6.07, 6.45) is 6.81. The van der Waals surface area contributed by atoms with E-state index in [-0.39, 0.29) is 18.5 Å². The van der Waals surface area contributed by atoms with Gasteiger partial charge in [0.25, 0.3) is 5.91 Å². The number of aromatic nitrogens is 3. The van der Waals surface area contributed by atoms with E-state index in [0.717, 1.165) is 36.7 Å². The Balaban J connectivity index is 1.68. The minimum atomic E-state index is 0.00769. The van der Waals surface area contributed by atoms with E-state index in [4.69, 9.17) is 0 Å². The highest BCUT2D eigenvalue weighted by atomic mass is 16.2. The number of carbonyl (C=O) groups excluding carboxylic acids is 1. The number of likely N-dealkylation sites (tertiary alicyclic amines) is 1. The molecule has 3 aromatic rings. The van der Waals surface area contributed by atoms with Crippen LogP contribution in [0.1, 0.15) is 29.8 Å². The van der Waals surface area contributed by atoms with E-state index >= 15 is 0 Å². The lowest BCUT2D eigenvalue weighted by Crippen LogP contribution is -2.46.